The van der Waals surface area contributed by atoms with Crippen LogP contribution in [0.5, 0.6) is 0 Å². The first-order valence-corrected chi connectivity index (χ1v) is 7.66. The molecular weight excluding hydrogens is 294 g/mol. The Morgan fingerprint density at radius 1 is 1.40 bits per heavy atom. The molecule has 106 valence electrons. The summed E-state index contributed by atoms with van der Waals surface area (Å²) < 4.78 is 3.89. The summed E-state index contributed by atoms with van der Waals surface area (Å²) in [5.74, 6) is -0.120. The molecule has 0 aliphatic heterocycles. The van der Waals surface area contributed by atoms with E-state index in [1.165, 1.54) is 0 Å². The molecule has 1 aromatic heterocycles. The standard InChI is InChI=1S/C14H16ClN3OS/c1-3-4-9(2)16-14(19)13-12(17-18-20-13)10-5-7-11(15)8-6-10/h5-9H,3-4H2,1-2H3,(H,16,19)/t9-/m0/s1. The fraction of sp³-hybridized carbons (Fsp3) is 0.357. The van der Waals surface area contributed by atoms with Crippen LogP contribution in [0.25, 0.3) is 11.3 Å². The number of halogens is 1. The molecule has 1 N–H and O–H groups in total. The van der Waals surface area contributed by atoms with Crippen molar-refractivity contribution in [3.8, 4) is 11.3 Å². The van der Waals surface area contributed by atoms with Crippen LogP contribution < -0.4 is 5.32 Å². The number of hydrogen-bond acceptors (Lipinski definition) is 4. The molecule has 0 spiro atoms. The van der Waals surface area contributed by atoms with Crippen LogP contribution in [0, 0.1) is 0 Å². The van der Waals surface area contributed by atoms with Crippen molar-refractivity contribution in [1.82, 2.24) is 14.9 Å². The van der Waals surface area contributed by atoms with Crippen molar-refractivity contribution in [1.29, 1.82) is 0 Å². The third-order valence-corrected chi connectivity index (χ3v) is 3.89. The summed E-state index contributed by atoms with van der Waals surface area (Å²) in [5.41, 5.74) is 1.45. The van der Waals surface area contributed by atoms with Crippen molar-refractivity contribution in [3.05, 3.63) is 34.2 Å². The van der Waals surface area contributed by atoms with E-state index in [0.29, 0.717) is 15.6 Å². The highest BCUT2D eigenvalue weighted by atomic mass is 35.5. The topological polar surface area (TPSA) is 54.9 Å². The Labute approximate surface area is 127 Å². The molecule has 2 aromatic rings. The molecule has 20 heavy (non-hydrogen) atoms. The van der Waals surface area contributed by atoms with Crippen molar-refractivity contribution >= 4 is 29.0 Å². The monoisotopic (exact) mass is 309 g/mol. The Bertz CT molecular complexity index is 582. The average Bonchev–Trinajstić information content (AvgIpc) is 2.89. The maximum absolute atomic E-state index is 12.2. The van der Waals surface area contributed by atoms with Gasteiger partial charge in [0.2, 0.25) is 0 Å². The molecule has 0 unspecified atom stereocenters. The Balaban J connectivity index is 2.20. The van der Waals surface area contributed by atoms with Crippen molar-refractivity contribution < 1.29 is 4.79 Å². The van der Waals surface area contributed by atoms with Crippen molar-refractivity contribution in [3.63, 3.8) is 0 Å². The first-order chi connectivity index (χ1) is 9.61. The molecule has 6 heteroatoms. The van der Waals surface area contributed by atoms with Crippen molar-refractivity contribution in [2.24, 2.45) is 0 Å². The highest BCUT2D eigenvalue weighted by Crippen LogP contribution is 2.25. The minimum atomic E-state index is -0.120. The van der Waals surface area contributed by atoms with Gasteiger partial charge in [-0.25, -0.2) is 0 Å². The minimum absolute atomic E-state index is 0.120. The number of aromatic nitrogens is 2. The Morgan fingerprint density at radius 3 is 2.75 bits per heavy atom. The van der Waals surface area contributed by atoms with E-state index in [4.69, 9.17) is 11.6 Å². The number of rotatable bonds is 5. The van der Waals surface area contributed by atoms with Gasteiger partial charge in [-0.15, -0.1) is 5.10 Å². The smallest absolute Gasteiger partial charge is 0.265 e. The lowest BCUT2D eigenvalue weighted by Crippen LogP contribution is -2.32. The van der Waals surface area contributed by atoms with E-state index in [0.717, 1.165) is 29.9 Å². The molecule has 0 aliphatic rings. The maximum atomic E-state index is 12.2. The predicted octanol–water partition coefficient (Wildman–Crippen LogP) is 3.78. The Hall–Kier alpha value is -1.46. The first kappa shape index (κ1) is 14.9. The normalized spacial score (nSPS) is 12.2. The van der Waals surface area contributed by atoms with Gasteiger partial charge in [0.05, 0.1) is 0 Å². The van der Waals surface area contributed by atoms with Gasteiger partial charge in [0.25, 0.3) is 5.91 Å². The summed E-state index contributed by atoms with van der Waals surface area (Å²) in [6, 6.07) is 7.37. The first-order valence-electron chi connectivity index (χ1n) is 6.51. The largest absolute Gasteiger partial charge is 0.349 e. The van der Waals surface area contributed by atoms with E-state index in [1.807, 2.05) is 19.1 Å². The van der Waals surface area contributed by atoms with Gasteiger partial charge in [0.1, 0.15) is 10.6 Å². The van der Waals surface area contributed by atoms with Gasteiger partial charge in [-0.05, 0) is 37.0 Å². The lowest BCUT2D eigenvalue weighted by Gasteiger charge is -2.11. The van der Waals surface area contributed by atoms with Crippen LogP contribution in [0.1, 0.15) is 36.4 Å². The summed E-state index contributed by atoms with van der Waals surface area (Å²) in [7, 11) is 0. The fourth-order valence-electron chi connectivity index (χ4n) is 1.93. The molecule has 0 bridgehead atoms. The molecule has 0 fully saturated rings. The zero-order valence-electron chi connectivity index (χ0n) is 11.4. The van der Waals surface area contributed by atoms with Gasteiger partial charge in [0, 0.05) is 16.6 Å². The maximum Gasteiger partial charge on any atom is 0.265 e. The van der Waals surface area contributed by atoms with Crippen LogP contribution in [0.4, 0.5) is 0 Å². The number of hydrogen-bond donors (Lipinski definition) is 1. The molecular formula is C14H16ClN3OS. The molecule has 1 aromatic carbocycles. The summed E-state index contributed by atoms with van der Waals surface area (Å²) in [5, 5.41) is 7.68. The van der Waals surface area contributed by atoms with E-state index in [2.05, 4.69) is 21.8 Å². The van der Waals surface area contributed by atoms with Gasteiger partial charge in [-0.2, -0.15) is 0 Å². The zero-order valence-corrected chi connectivity index (χ0v) is 13.0. The highest BCUT2D eigenvalue weighted by Gasteiger charge is 2.18. The van der Waals surface area contributed by atoms with Gasteiger partial charge in [-0.3, -0.25) is 4.79 Å². The summed E-state index contributed by atoms with van der Waals surface area (Å²) >= 11 is 6.98. The van der Waals surface area contributed by atoms with Crippen LogP contribution in [0.2, 0.25) is 5.02 Å². The van der Waals surface area contributed by atoms with E-state index < -0.39 is 0 Å². The Kier molecular flexibility index (Phi) is 5.09. The number of carbonyl (C=O) groups is 1. The van der Waals surface area contributed by atoms with Gasteiger partial charge < -0.3 is 5.32 Å². The zero-order chi connectivity index (χ0) is 14.5. The highest BCUT2D eigenvalue weighted by molar-refractivity contribution is 7.08. The third-order valence-electron chi connectivity index (χ3n) is 2.91. The van der Waals surface area contributed by atoms with Crippen LogP contribution >= 0.6 is 23.1 Å². The van der Waals surface area contributed by atoms with Gasteiger partial charge in [-0.1, -0.05) is 41.6 Å². The van der Waals surface area contributed by atoms with Gasteiger partial charge >= 0.3 is 0 Å². The van der Waals surface area contributed by atoms with Crippen LogP contribution in [-0.2, 0) is 0 Å². The number of nitrogens with one attached hydrogen (secondary N) is 1. The molecule has 0 saturated carbocycles. The molecule has 2 rings (SSSR count). The predicted molar refractivity (Wildman–Crippen MR) is 82.2 cm³/mol. The second kappa shape index (κ2) is 6.81. The van der Waals surface area contributed by atoms with E-state index in [-0.39, 0.29) is 11.9 Å². The van der Waals surface area contributed by atoms with E-state index >= 15 is 0 Å². The number of carbonyl (C=O) groups excluding carboxylic acids is 1. The second-order valence-electron chi connectivity index (χ2n) is 4.62. The summed E-state index contributed by atoms with van der Waals surface area (Å²) in [6.45, 7) is 4.09. The molecule has 1 atom stereocenters. The molecule has 4 nitrogen and oxygen atoms in total. The molecule has 0 saturated heterocycles. The van der Waals surface area contributed by atoms with Gasteiger partial charge in [0.15, 0.2) is 0 Å². The van der Waals surface area contributed by atoms with Crippen LogP contribution in [0.15, 0.2) is 24.3 Å². The lowest BCUT2D eigenvalue weighted by atomic mass is 10.1. The number of nitrogens with zero attached hydrogens (tertiary/aromatic N) is 2. The second-order valence-corrected chi connectivity index (χ2v) is 5.81. The third kappa shape index (κ3) is 3.55. The average molecular weight is 310 g/mol. The SMILES string of the molecule is CCC[C@H](C)NC(=O)c1snnc1-c1ccc(Cl)cc1. The number of amides is 1. The molecule has 0 aliphatic carbocycles. The molecule has 1 heterocycles. The summed E-state index contributed by atoms with van der Waals surface area (Å²) in [6.07, 6.45) is 1.99. The van der Waals surface area contributed by atoms with Crippen LogP contribution in [-0.4, -0.2) is 21.5 Å². The quantitative estimate of drug-likeness (QED) is 0.914. The number of benzene rings is 1. The summed E-state index contributed by atoms with van der Waals surface area (Å²) in [4.78, 5) is 12.8. The lowest BCUT2D eigenvalue weighted by molar-refractivity contribution is 0.0943. The van der Waals surface area contributed by atoms with E-state index in [1.54, 1.807) is 12.1 Å². The fourth-order valence-corrected chi connectivity index (χ4v) is 2.65. The Morgan fingerprint density at radius 2 is 2.10 bits per heavy atom. The van der Waals surface area contributed by atoms with Crippen molar-refractivity contribution in [2.45, 2.75) is 32.7 Å². The molecule has 0 radical (unpaired) electrons. The van der Waals surface area contributed by atoms with Crippen LogP contribution in [0.3, 0.4) is 0 Å². The minimum Gasteiger partial charge on any atom is -0.349 e. The molecule has 1 amide bonds. The van der Waals surface area contributed by atoms with E-state index in [9.17, 15) is 4.79 Å². The van der Waals surface area contributed by atoms with Crippen molar-refractivity contribution in [2.75, 3.05) is 0 Å².